The number of likely N-dealkylation sites (tertiary alicyclic amines) is 1. The van der Waals surface area contributed by atoms with E-state index in [9.17, 15) is 9.59 Å². The third-order valence-corrected chi connectivity index (χ3v) is 6.97. The number of hydrogen-bond donors (Lipinski definition) is 1. The van der Waals surface area contributed by atoms with Gasteiger partial charge in [0.05, 0.1) is 24.0 Å². The molecular weight excluding hydrogens is 414 g/mol. The second-order valence-corrected chi connectivity index (χ2v) is 9.03. The van der Waals surface area contributed by atoms with Crippen LogP contribution in [0.3, 0.4) is 0 Å². The van der Waals surface area contributed by atoms with Crippen LogP contribution in [0.15, 0.2) is 30.5 Å². The van der Waals surface area contributed by atoms with Crippen molar-refractivity contribution in [2.45, 2.75) is 77.3 Å². The van der Waals surface area contributed by atoms with Gasteiger partial charge in [-0.1, -0.05) is 26.0 Å². The van der Waals surface area contributed by atoms with Gasteiger partial charge in [-0.25, -0.2) is 9.97 Å². The van der Waals surface area contributed by atoms with Gasteiger partial charge in [0, 0.05) is 18.7 Å². The second kappa shape index (κ2) is 9.89. The number of primary amides is 1. The highest BCUT2D eigenvalue weighted by atomic mass is 16.2. The lowest BCUT2D eigenvalue weighted by molar-refractivity contribution is 0.0524. The van der Waals surface area contributed by atoms with Crippen LogP contribution in [0.25, 0.3) is 0 Å². The fraction of sp³-hybridized carbons (Fsp3) is 0.538. The van der Waals surface area contributed by atoms with Gasteiger partial charge in [0.25, 0.3) is 11.8 Å². The van der Waals surface area contributed by atoms with E-state index in [1.54, 1.807) is 13.1 Å². The van der Waals surface area contributed by atoms with Crippen molar-refractivity contribution >= 4 is 17.6 Å². The molecular formula is C26H35N5O2. The highest BCUT2D eigenvalue weighted by Crippen LogP contribution is 2.40. The predicted molar refractivity (Wildman–Crippen MR) is 129 cm³/mol. The van der Waals surface area contributed by atoms with Crippen molar-refractivity contribution in [1.82, 2.24) is 14.9 Å². The summed E-state index contributed by atoms with van der Waals surface area (Å²) in [6.45, 7) is 7.44. The number of aryl methyl sites for hydroxylation is 1. The summed E-state index contributed by atoms with van der Waals surface area (Å²) in [7, 11) is 0. The molecule has 1 aliphatic carbocycles. The van der Waals surface area contributed by atoms with E-state index < -0.39 is 5.91 Å². The monoisotopic (exact) mass is 449 g/mol. The largest absolute Gasteiger partial charge is 0.364 e. The Labute approximate surface area is 196 Å². The van der Waals surface area contributed by atoms with Crippen molar-refractivity contribution < 1.29 is 9.59 Å². The van der Waals surface area contributed by atoms with E-state index in [0.717, 1.165) is 50.2 Å². The highest BCUT2D eigenvalue weighted by molar-refractivity contribution is 5.94. The molecule has 3 heterocycles. The number of fused-ring (bicyclic) bond motifs is 1. The summed E-state index contributed by atoms with van der Waals surface area (Å²) in [6.07, 6.45) is 8.15. The number of nitrogens with zero attached hydrogens (tertiary/aromatic N) is 4. The number of aromatic nitrogens is 2. The summed E-state index contributed by atoms with van der Waals surface area (Å²) in [5.74, 6) is 1.03. The van der Waals surface area contributed by atoms with Crippen LogP contribution in [-0.4, -0.2) is 51.9 Å². The molecule has 2 aliphatic heterocycles. The van der Waals surface area contributed by atoms with Gasteiger partial charge in [0.15, 0.2) is 0 Å². The van der Waals surface area contributed by atoms with Gasteiger partial charge >= 0.3 is 0 Å². The fourth-order valence-corrected chi connectivity index (χ4v) is 5.25. The molecule has 0 bridgehead atoms. The van der Waals surface area contributed by atoms with Crippen LogP contribution in [0.1, 0.15) is 90.4 Å². The van der Waals surface area contributed by atoms with E-state index in [1.165, 1.54) is 18.4 Å². The van der Waals surface area contributed by atoms with E-state index in [1.807, 2.05) is 26.0 Å². The lowest BCUT2D eigenvalue weighted by Crippen LogP contribution is -2.60. The molecule has 7 heteroatoms. The predicted octanol–water partition coefficient (Wildman–Crippen LogP) is 4.06. The lowest BCUT2D eigenvalue weighted by atomic mass is 9.87. The van der Waals surface area contributed by atoms with Crippen molar-refractivity contribution in [1.29, 1.82) is 0 Å². The fourth-order valence-electron chi connectivity index (χ4n) is 5.25. The molecule has 2 amide bonds. The van der Waals surface area contributed by atoms with Gasteiger partial charge in [-0.15, -0.1) is 0 Å². The van der Waals surface area contributed by atoms with Crippen LogP contribution in [0.2, 0.25) is 0 Å². The molecule has 2 aromatic rings. The van der Waals surface area contributed by atoms with E-state index in [0.29, 0.717) is 11.6 Å². The first-order valence-electron chi connectivity index (χ1n) is 12.3. The number of amides is 2. The number of benzene rings is 1. The average Bonchev–Trinajstić information content (AvgIpc) is 3.69. The van der Waals surface area contributed by atoms with Crippen molar-refractivity contribution in [3.05, 3.63) is 53.0 Å². The van der Waals surface area contributed by atoms with Gasteiger partial charge in [-0.05, 0) is 69.1 Å². The van der Waals surface area contributed by atoms with Crippen LogP contribution < -0.4 is 10.6 Å². The van der Waals surface area contributed by atoms with E-state index in [2.05, 4.69) is 31.9 Å². The molecule has 1 saturated carbocycles. The Kier molecular flexibility index (Phi) is 6.96. The molecule has 7 nitrogen and oxygen atoms in total. The molecule has 176 valence electrons. The first-order valence-corrected chi connectivity index (χ1v) is 12.3. The quantitative estimate of drug-likeness (QED) is 0.760. The molecule has 0 spiro atoms. The zero-order valence-electron chi connectivity index (χ0n) is 20.0. The van der Waals surface area contributed by atoms with Crippen LogP contribution in [0.5, 0.6) is 0 Å². The Bertz CT molecular complexity index is 1000. The van der Waals surface area contributed by atoms with Gasteiger partial charge in [0.2, 0.25) is 0 Å². The zero-order valence-corrected chi connectivity index (χ0v) is 20.0. The minimum atomic E-state index is -0.560. The van der Waals surface area contributed by atoms with Crippen molar-refractivity contribution in [3.8, 4) is 0 Å². The molecule has 0 radical (unpaired) electrons. The number of rotatable bonds is 4. The highest BCUT2D eigenvalue weighted by Gasteiger charge is 2.40. The summed E-state index contributed by atoms with van der Waals surface area (Å²) in [4.78, 5) is 38.1. The molecule has 1 aromatic heterocycles. The number of carbonyl (C=O) groups is 2. The first kappa shape index (κ1) is 23.2. The Morgan fingerprint density at radius 2 is 1.64 bits per heavy atom. The van der Waals surface area contributed by atoms with Crippen LogP contribution in [0.4, 0.5) is 5.82 Å². The van der Waals surface area contributed by atoms with Gasteiger partial charge in [0.1, 0.15) is 11.5 Å². The summed E-state index contributed by atoms with van der Waals surface area (Å²) < 4.78 is 0. The first-order chi connectivity index (χ1) is 16.0. The summed E-state index contributed by atoms with van der Waals surface area (Å²) in [6, 6.07) is 8.62. The number of piperidine rings is 2. The number of anilines is 1. The molecule has 2 saturated heterocycles. The lowest BCUT2D eigenvalue weighted by Gasteiger charge is -2.49. The third kappa shape index (κ3) is 4.72. The van der Waals surface area contributed by atoms with Crippen LogP contribution >= 0.6 is 0 Å². The van der Waals surface area contributed by atoms with Crippen LogP contribution in [0, 0.1) is 6.92 Å². The molecule has 3 aliphatic rings. The number of carbonyl (C=O) groups excluding carboxylic acids is 2. The normalized spacial score (nSPS) is 22.2. The smallest absolute Gasteiger partial charge is 0.269 e. The van der Waals surface area contributed by atoms with E-state index in [-0.39, 0.29) is 23.7 Å². The maximum absolute atomic E-state index is 13.4. The van der Waals surface area contributed by atoms with Gasteiger partial charge in [-0.3, -0.25) is 9.59 Å². The molecule has 2 N–H and O–H groups in total. The van der Waals surface area contributed by atoms with Crippen LogP contribution in [-0.2, 0) is 0 Å². The molecule has 5 rings (SSSR count). The third-order valence-electron chi connectivity index (χ3n) is 6.97. The summed E-state index contributed by atoms with van der Waals surface area (Å²) in [5, 5.41) is 0. The maximum atomic E-state index is 13.4. The minimum absolute atomic E-state index is 0.130. The molecule has 2 atom stereocenters. The Morgan fingerprint density at radius 1 is 0.970 bits per heavy atom. The average molecular weight is 450 g/mol. The van der Waals surface area contributed by atoms with Crippen molar-refractivity contribution in [3.63, 3.8) is 0 Å². The Hall–Kier alpha value is -2.96. The second-order valence-electron chi connectivity index (χ2n) is 9.03. The number of hydrogen-bond acceptors (Lipinski definition) is 5. The SMILES string of the molecule is CC.Cc1nc(N2CCCC3C2CCCN3C(=O)c2ccc(C3CC3)cc2)cnc1C(N)=O. The maximum Gasteiger partial charge on any atom is 0.269 e. The summed E-state index contributed by atoms with van der Waals surface area (Å²) in [5.41, 5.74) is 8.28. The topological polar surface area (TPSA) is 92.4 Å². The van der Waals surface area contributed by atoms with Crippen molar-refractivity contribution in [2.24, 2.45) is 5.73 Å². The minimum Gasteiger partial charge on any atom is -0.364 e. The molecule has 2 unspecified atom stereocenters. The zero-order chi connectivity index (χ0) is 23.5. The number of nitrogens with two attached hydrogens (primary N) is 1. The van der Waals surface area contributed by atoms with Gasteiger partial charge in [-0.2, -0.15) is 0 Å². The standard InChI is InChI=1S/C24H29N5O2.C2H6/c1-15-22(23(25)30)26-14-21(27-15)28-12-2-5-20-19(28)4-3-13-29(20)24(31)18-10-8-17(9-11-18)16-6-7-16;1-2/h8-11,14,16,19-20H,2-7,12-13H2,1H3,(H2,25,30);1-2H3. The Balaban J connectivity index is 0.00000126. The van der Waals surface area contributed by atoms with Crippen molar-refractivity contribution in [2.75, 3.05) is 18.0 Å². The summed E-state index contributed by atoms with van der Waals surface area (Å²) >= 11 is 0. The Morgan fingerprint density at radius 3 is 2.27 bits per heavy atom. The van der Waals surface area contributed by atoms with E-state index >= 15 is 0 Å². The molecule has 1 aromatic carbocycles. The molecule has 3 fully saturated rings. The van der Waals surface area contributed by atoms with E-state index in [4.69, 9.17) is 5.73 Å². The molecule has 33 heavy (non-hydrogen) atoms. The van der Waals surface area contributed by atoms with Gasteiger partial charge < -0.3 is 15.5 Å².